The van der Waals surface area contributed by atoms with Gasteiger partial charge < -0.3 is 9.64 Å². The summed E-state index contributed by atoms with van der Waals surface area (Å²) in [7, 11) is -4.72. The molecule has 4 rings (SSSR count). The number of piperidine rings is 1. The number of anilines is 2. The van der Waals surface area contributed by atoms with Crippen molar-refractivity contribution < 1.29 is 21.6 Å². The SMILES string of the molecule is CN(C)S(=O)(=O)c1ccc(S(=O)(=O)Nc2ccccc2N2CCC(Oc3ccncc3)CC2)cc1. The zero-order valence-electron chi connectivity index (χ0n) is 19.5. The molecule has 0 bridgehead atoms. The average molecular weight is 517 g/mol. The molecule has 1 N–H and O–H groups in total. The Hall–Kier alpha value is -3.15. The molecule has 0 saturated carbocycles. The number of nitrogens with zero attached hydrogens (tertiary/aromatic N) is 3. The van der Waals surface area contributed by atoms with E-state index in [1.807, 2.05) is 24.3 Å². The molecule has 2 aromatic carbocycles. The van der Waals surface area contributed by atoms with Crippen LogP contribution in [0.4, 0.5) is 11.4 Å². The molecule has 1 aliphatic heterocycles. The molecule has 1 fully saturated rings. The predicted octanol–water partition coefficient (Wildman–Crippen LogP) is 3.18. The van der Waals surface area contributed by atoms with E-state index in [1.165, 1.54) is 38.4 Å². The van der Waals surface area contributed by atoms with Crippen molar-refractivity contribution in [3.63, 3.8) is 0 Å². The molecular weight excluding hydrogens is 488 g/mol. The van der Waals surface area contributed by atoms with Gasteiger partial charge in [-0.25, -0.2) is 21.1 Å². The number of pyridine rings is 1. The van der Waals surface area contributed by atoms with Crippen LogP contribution in [0.25, 0.3) is 0 Å². The Labute approximate surface area is 206 Å². The van der Waals surface area contributed by atoms with Gasteiger partial charge in [-0.1, -0.05) is 12.1 Å². The van der Waals surface area contributed by atoms with Crippen LogP contribution in [-0.2, 0) is 20.0 Å². The van der Waals surface area contributed by atoms with Crippen LogP contribution >= 0.6 is 0 Å². The van der Waals surface area contributed by atoms with E-state index in [0.717, 1.165) is 28.6 Å². The fourth-order valence-electron chi connectivity index (χ4n) is 3.86. The molecule has 3 aromatic rings. The lowest BCUT2D eigenvalue weighted by atomic mass is 10.1. The summed E-state index contributed by atoms with van der Waals surface area (Å²) in [5.74, 6) is 0.788. The van der Waals surface area contributed by atoms with Gasteiger partial charge in [0.15, 0.2) is 0 Å². The van der Waals surface area contributed by atoms with Gasteiger partial charge in [-0.05, 0) is 48.5 Å². The van der Waals surface area contributed by atoms with E-state index in [1.54, 1.807) is 24.5 Å². The molecule has 186 valence electrons. The van der Waals surface area contributed by atoms with E-state index >= 15 is 0 Å². The molecule has 2 heterocycles. The Morgan fingerprint density at radius 2 is 1.49 bits per heavy atom. The molecule has 1 aromatic heterocycles. The summed E-state index contributed by atoms with van der Waals surface area (Å²) in [5, 5.41) is 0. The van der Waals surface area contributed by atoms with Crippen molar-refractivity contribution in [2.45, 2.75) is 28.7 Å². The van der Waals surface area contributed by atoms with E-state index in [2.05, 4.69) is 14.6 Å². The van der Waals surface area contributed by atoms with Crippen molar-refractivity contribution in [1.29, 1.82) is 0 Å². The Kier molecular flexibility index (Phi) is 7.29. The minimum Gasteiger partial charge on any atom is -0.490 e. The maximum atomic E-state index is 13.1. The number of ether oxygens (including phenoxy) is 1. The normalized spacial score (nSPS) is 15.2. The number of benzene rings is 2. The molecule has 35 heavy (non-hydrogen) atoms. The zero-order valence-corrected chi connectivity index (χ0v) is 21.2. The highest BCUT2D eigenvalue weighted by Gasteiger charge is 2.25. The number of nitrogens with one attached hydrogen (secondary N) is 1. The smallest absolute Gasteiger partial charge is 0.261 e. The van der Waals surface area contributed by atoms with Gasteiger partial charge in [0.2, 0.25) is 10.0 Å². The van der Waals surface area contributed by atoms with Crippen LogP contribution in [0, 0.1) is 0 Å². The number of aromatic nitrogens is 1. The standard InChI is InChI=1S/C24H28N4O5S2/c1-27(2)35(31,32)22-9-7-21(8-10-22)34(29,30)26-23-5-3-4-6-24(23)28-17-13-20(14-18-28)33-19-11-15-25-16-12-19/h3-12,15-16,20,26H,13-14,17-18H2,1-2H3. The Morgan fingerprint density at radius 1 is 0.886 bits per heavy atom. The first-order valence-corrected chi connectivity index (χ1v) is 14.1. The molecular formula is C24H28N4O5S2. The van der Waals surface area contributed by atoms with Gasteiger partial charge in [0.1, 0.15) is 11.9 Å². The van der Waals surface area contributed by atoms with E-state index in [4.69, 9.17) is 4.74 Å². The predicted molar refractivity (Wildman–Crippen MR) is 135 cm³/mol. The van der Waals surface area contributed by atoms with Gasteiger partial charge in [-0.15, -0.1) is 0 Å². The fraction of sp³-hybridized carbons (Fsp3) is 0.292. The van der Waals surface area contributed by atoms with Gasteiger partial charge in [-0.2, -0.15) is 0 Å². The molecule has 11 heteroatoms. The molecule has 1 saturated heterocycles. The van der Waals surface area contributed by atoms with Crippen molar-refractivity contribution >= 4 is 31.4 Å². The molecule has 0 amide bonds. The summed E-state index contributed by atoms with van der Waals surface area (Å²) in [6.07, 6.45) is 5.06. The number of hydrogen-bond acceptors (Lipinski definition) is 7. The minimum atomic E-state index is -3.92. The van der Waals surface area contributed by atoms with E-state index in [0.29, 0.717) is 18.8 Å². The van der Waals surface area contributed by atoms with Crippen LogP contribution in [0.1, 0.15) is 12.8 Å². The molecule has 0 unspecified atom stereocenters. The summed E-state index contributed by atoms with van der Waals surface area (Å²) in [5.41, 5.74) is 1.25. The van der Waals surface area contributed by atoms with Crippen LogP contribution in [0.2, 0.25) is 0 Å². The second-order valence-corrected chi connectivity index (χ2v) is 12.2. The highest BCUT2D eigenvalue weighted by atomic mass is 32.2. The molecule has 1 aliphatic rings. The lowest BCUT2D eigenvalue weighted by molar-refractivity contribution is 0.171. The first-order chi connectivity index (χ1) is 16.7. The lowest BCUT2D eigenvalue weighted by Gasteiger charge is -2.34. The number of para-hydroxylation sites is 2. The molecule has 9 nitrogen and oxygen atoms in total. The molecule has 0 aliphatic carbocycles. The van der Waals surface area contributed by atoms with Gasteiger partial charge in [0.25, 0.3) is 10.0 Å². The van der Waals surface area contributed by atoms with Gasteiger partial charge >= 0.3 is 0 Å². The Bertz CT molecular complexity index is 1350. The first-order valence-electron chi connectivity index (χ1n) is 11.1. The maximum Gasteiger partial charge on any atom is 0.261 e. The van der Waals surface area contributed by atoms with Gasteiger partial charge in [0, 0.05) is 52.4 Å². The minimum absolute atomic E-state index is 0.0190. The summed E-state index contributed by atoms with van der Waals surface area (Å²) >= 11 is 0. The van der Waals surface area contributed by atoms with Crippen molar-refractivity contribution in [3.8, 4) is 5.75 Å². The summed E-state index contributed by atoms with van der Waals surface area (Å²) < 4.78 is 60.5. The topological polar surface area (TPSA) is 109 Å². The zero-order chi connectivity index (χ0) is 25.1. The summed E-state index contributed by atoms with van der Waals surface area (Å²) in [6, 6.07) is 16.1. The second-order valence-electron chi connectivity index (χ2n) is 8.37. The van der Waals surface area contributed by atoms with Crippen molar-refractivity contribution in [2.75, 3.05) is 36.8 Å². The van der Waals surface area contributed by atoms with Crippen LogP contribution in [-0.4, -0.2) is 59.4 Å². The van der Waals surface area contributed by atoms with Gasteiger partial charge in [-0.3, -0.25) is 9.71 Å². The van der Waals surface area contributed by atoms with Crippen LogP contribution in [0.15, 0.2) is 82.8 Å². The quantitative estimate of drug-likeness (QED) is 0.490. The van der Waals surface area contributed by atoms with E-state index in [-0.39, 0.29) is 15.9 Å². The lowest BCUT2D eigenvalue weighted by Crippen LogP contribution is -2.38. The fourth-order valence-corrected chi connectivity index (χ4v) is 5.84. The number of hydrogen-bond donors (Lipinski definition) is 1. The Balaban J connectivity index is 1.47. The number of sulfonamides is 2. The molecule has 0 atom stereocenters. The third-order valence-electron chi connectivity index (χ3n) is 5.80. The first kappa shape index (κ1) is 25.0. The monoisotopic (exact) mass is 516 g/mol. The van der Waals surface area contributed by atoms with Crippen LogP contribution in [0.5, 0.6) is 5.75 Å². The van der Waals surface area contributed by atoms with E-state index < -0.39 is 20.0 Å². The number of rotatable bonds is 8. The highest BCUT2D eigenvalue weighted by molar-refractivity contribution is 7.92. The Morgan fingerprint density at radius 3 is 2.11 bits per heavy atom. The second kappa shape index (κ2) is 10.2. The van der Waals surface area contributed by atoms with Crippen molar-refractivity contribution in [3.05, 3.63) is 73.1 Å². The van der Waals surface area contributed by atoms with Gasteiger partial charge in [0.05, 0.1) is 21.2 Å². The molecule has 0 spiro atoms. The van der Waals surface area contributed by atoms with Crippen molar-refractivity contribution in [2.24, 2.45) is 0 Å². The average Bonchev–Trinajstić information content (AvgIpc) is 2.85. The third kappa shape index (κ3) is 5.75. The third-order valence-corrected chi connectivity index (χ3v) is 9.01. The van der Waals surface area contributed by atoms with E-state index in [9.17, 15) is 16.8 Å². The molecule has 0 radical (unpaired) electrons. The summed E-state index contributed by atoms with van der Waals surface area (Å²) in [6.45, 7) is 1.43. The van der Waals surface area contributed by atoms with Crippen LogP contribution in [0.3, 0.4) is 0 Å². The van der Waals surface area contributed by atoms with Crippen LogP contribution < -0.4 is 14.4 Å². The summed E-state index contributed by atoms with van der Waals surface area (Å²) in [4.78, 5) is 6.14. The largest absolute Gasteiger partial charge is 0.490 e. The maximum absolute atomic E-state index is 13.1. The van der Waals surface area contributed by atoms with Crippen molar-refractivity contribution in [1.82, 2.24) is 9.29 Å². The highest BCUT2D eigenvalue weighted by Crippen LogP contribution is 2.31.